The minimum absolute atomic E-state index is 0.0856. The number of nitrogens with one attached hydrogen (secondary N) is 2. The Morgan fingerprint density at radius 2 is 1.73 bits per heavy atom. The molecule has 0 aliphatic rings. The van der Waals surface area contributed by atoms with Crippen LogP contribution < -0.4 is 20.1 Å². The highest BCUT2D eigenvalue weighted by atomic mass is 19.1. The molecule has 33 heavy (non-hydrogen) atoms. The number of carbonyl (C=O) groups is 1. The third-order valence-electron chi connectivity index (χ3n) is 4.28. The lowest BCUT2D eigenvalue weighted by molar-refractivity contribution is 0.196. The third-order valence-corrected chi connectivity index (χ3v) is 4.28. The predicted octanol–water partition coefficient (Wildman–Crippen LogP) is 4.72. The second kappa shape index (κ2) is 9.88. The molecule has 0 atom stereocenters. The van der Waals surface area contributed by atoms with Gasteiger partial charge in [0.1, 0.15) is 29.7 Å². The summed E-state index contributed by atoms with van der Waals surface area (Å²) in [4.78, 5) is 20.7. The standard InChI is InChI=1S/C23H18F2N4O4/c24-14-2-1-3-16(8-14)27-23(31)28-17-9-15(25)10-19(11-17)33-18-4-5-20-21(12-18)29-22(13-26-20)32-7-6-30/h1-5,8-13,30H,6-7H2,(H2,27,28,31). The van der Waals surface area contributed by atoms with Crippen LogP contribution in [-0.2, 0) is 0 Å². The van der Waals surface area contributed by atoms with Crippen molar-refractivity contribution in [1.29, 1.82) is 0 Å². The van der Waals surface area contributed by atoms with Crippen molar-refractivity contribution in [2.24, 2.45) is 0 Å². The van der Waals surface area contributed by atoms with Gasteiger partial charge in [-0.1, -0.05) is 6.07 Å². The van der Waals surface area contributed by atoms with Crippen molar-refractivity contribution >= 4 is 28.4 Å². The van der Waals surface area contributed by atoms with E-state index in [4.69, 9.17) is 14.6 Å². The van der Waals surface area contributed by atoms with E-state index in [0.717, 1.165) is 18.2 Å². The Labute approximate surface area is 186 Å². The quantitative estimate of drug-likeness (QED) is 0.375. The fourth-order valence-electron chi connectivity index (χ4n) is 2.95. The van der Waals surface area contributed by atoms with Crippen LogP contribution in [0.15, 0.2) is 66.9 Å². The molecule has 1 aromatic heterocycles. The van der Waals surface area contributed by atoms with Crippen LogP contribution in [0, 0.1) is 11.6 Å². The van der Waals surface area contributed by atoms with Crippen LogP contribution in [0.2, 0.25) is 0 Å². The maximum absolute atomic E-state index is 14.1. The highest BCUT2D eigenvalue weighted by Crippen LogP contribution is 2.28. The molecule has 0 spiro atoms. The van der Waals surface area contributed by atoms with E-state index < -0.39 is 17.7 Å². The molecule has 3 aromatic carbocycles. The first kappa shape index (κ1) is 21.9. The Morgan fingerprint density at radius 3 is 2.55 bits per heavy atom. The molecule has 10 heteroatoms. The van der Waals surface area contributed by atoms with Crippen LogP contribution >= 0.6 is 0 Å². The zero-order valence-electron chi connectivity index (χ0n) is 17.1. The Bertz CT molecular complexity index is 1300. The minimum atomic E-state index is -0.673. The van der Waals surface area contributed by atoms with Crippen molar-refractivity contribution in [2.75, 3.05) is 23.8 Å². The number of hydrogen-bond donors (Lipinski definition) is 3. The van der Waals surface area contributed by atoms with Gasteiger partial charge < -0.3 is 25.2 Å². The molecule has 0 saturated heterocycles. The fourth-order valence-corrected chi connectivity index (χ4v) is 2.95. The van der Waals surface area contributed by atoms with E-state index in [1.807, 2.05) is 0 Å². The van der Waals surface area contributed by atoms with E-state index in [1.54, 1.807) is 18.2 Å². The number of benzene rings is 3. The van der Waals surface area contributed by atoms with Crippen molar-refractivity contribution in [3.8, 4) is 17.4 Å². The molecule has 1 heterocycles. The topological polar surface area (TPSA) is 106 Å². The first-order chi connectivity index (χ1) is 16.0. The number of anilines is 2. The van der Waals surface area contributed by atoms with Crippen LogP contribution in [0.1, 0.15) is 0 Å². The molecular weight excluding hydrogens is 434 g/mol. The van der Waals surface area contributed by atoms with E-state index >= 15 is 0 Å². The molecule has 0 aliphatic heterocycles. The number of ether oxygens (including phenoxy) is 2. The second-order valence-corrected chi connectivity index (χ2v) is 6.80. The Kier molecular flexibility index (Phi) is 6.56. The zero-order chi connectivity index (χ0) is 23.2. The van der Waals surface area contributed by atoms with Crippen molar-refractivity contribution in [3.63, 3.8) is 0 Å². The van der Waals surface area contributed by atoms with Gasteiger partial charge >= 0.3 is 6.03 Å². The third kappa shape index (κ3) is 5.89. The lowest BCUT2D eigenvalue weighted by atomic mass is 10.2. The van der Waals surface area contributed by atoms with Crippen LogP contribution in [0.4, 0.5) is 25.0 Å². The lowest BCUT2D eigenvalue weighted by Gasteiger charge is -2.11. The van der Waals surface area contributed by atoms with E-state index in [-0.39, 0.29) is 36.2 Å². The van der Waals surface area contributed by atoms with Gasteiger partial charge in [-0.05, 0) is 36.4 Å². The Hall–Kier alpha value is -4.31. The van der Waals surface area contributed by atoms with E-state index in [9.17, 15) is 13.6 Å². The van der Waals surface area contributed by atoms with Gasteiger partial charge in [-0.15, -0.1) is 0 Å². The Balaban J connectivity index is 1.49. The number of fused-ring (bicyclic) bond motifs is 1. The van der Waals surface area contributed by atoms with E-state index in [2.05, 4.69) is 20.6 Å². The van der Waals surface area contributed by atoms with Crippen LogP contribution in [-0.4, -0.2) is 34.3 Å². The number of amides is 2. The summed E-state index contributed by atoms with van der Waals surface area (Å²) in [5.74, 6) is -0.390. The number of hydrogen-bond acceptors (Lipinski definition) is 6. The molecule has 3 N–H and O–H groups in total. The van der Waals surface area contributed by atoms with Gasteiger partial charge in [-0.2, -0.15) is 0 Å². The highest BCUT2D eigenvalue weighted by Gasteiger charge is 2.09. The van der Waals surface area contributed by atoms with Crippen molar-refractivity contribution in [2.45, 2.75) is 0 Å². The molecule has 8 nitrogen and oxygen atoms in total. The summed E-state index contributed by atoms with van der Waals surface area (Å²) in [5, 5.41) is 13.8. The van der Waals surface area contributed by atoms with Gasteiger partial charge in [-0.3, -0.25) is 0 Å². The summed E-state index contributed by atoms with van der Waals surface area (Å²) >= 11 is 0. The molecule has 0 saturated carbocycles. The number of aliphatic hydroxyl groups is 1. The number of urea groups is 1. The second-order valence-electron chi connectivity index (χ2n) is 6.80. The van der Waals surface area contributed by atoms with Gasteiger partial charge in [0, 0.05) is 29.6 Å². The largest absolute Gasteiger partial charge is 0.474 e. The van der Waals surface area contributed by atoms with Gasteiger partial charge in [0.25, 0.3) is 0 Å². The van der Waals surface area contributed by atoms with Gasteiger partial charge in [0.15, 0.2) is 0 Å². The first-order valence-electron chi connectivity index (χ1n) is 9.81. The summed E-state index contributed by atoms with van der Waals surface area (Å²) in [6, 6.07) is 13.3. The fraction of sp³-hybridized carbons (Fsp3) is 0.0870. The predicted molar refractivity (Wildman–Crippen MR) is 118 cm³/mol. The SMILES string of the molecule is O=C(Nc1cccc(F)c1)Nc1cc(F)cc(Oc2ccc3ncc(OCCO)nc3c2)c1. The monoisotopic (exact) mass is 452 g/mol. The van der Waals surface area contributed by atoms with Gasteiger partial charge in [-0.25, -0.2) is 23.5 Å². The molecule has 168 valence electrons. The zero-order valence-corrected chi connectivity index (χ0v) is 17.1. The number of carbonyl (C=O) groups excluding carboxylic acids is 1. The van der Waals surface area contributed by atoms with E-state index in [1.165, 1.54) is 30.5 Å². The number of rotatable bonds is 7. The van der Waals surface area contributed by atoms with Gasteiger partial charge in [0.2, 0.25) is 5.88 Å². The van der Waals surface area contributed by atoms with Crippen LogP contribution in [0.5, 0.6) is 17.4 Å². The minimum Gasteiger partial charge on any atom is -0.474 e. The van der Waals surface area contributed by atoms with Crippen molar-refractivity contribution < 1.29 is 28.2 Å². The molecule has 0 unspecified atom stereocenters. The molecule has 0 fully saturated rings. The van der Waals surface area contributed by atoms with Gasteiger partial charge in [0.05, 0.1) is 23.8 Å². The maximum atomic E-state index is 14.1. The Morgan fingerprint density at radius 1 is 0.909 bits per heavy atom. The van der Waals surface area contributed by atoms with Crippen LogP contribution in [0.25, 0.3) is 11.0 Å². The summed E-state index contributed by atoms with van der Waals surface area (Å²) in [6.07, 6.45) is 1.44. The van der Waals surface area contributed by atoms with Crippen molar-refractivity contribution in [1.82, 2.24) is 9.97 Å². The summed E-state index contributed by atoms with van der Waals surface area (Å²) < 4.78 is 38.4. The smallest absolute Gasteiger partial charge is 0.323 e. The summed E-state index contributed by atoms with van der Waals surface area (Å²) in [7, 11) is 0. The van der Waals surface area contributed by atoms with Crippen LogP contribution in [0.3, 0.4) is 0 Å². The molecule has 4 rings (SSSR count). The highest BCUT2D eigenvalue weighted by molar-refractivity contribution is 5.99. The maximum Gasteiger partial charge on any atom is 0.323 e. The lowest BCUT2D eigenvalue weighted by Crippen LogP contribution is -2.19. The summed E-state index contributed by atoms with van der Waals surface area (Å²) in [6.45, 7) is -0.0682. The summed E-state index contributed by atoms with van der Waals surface area (Å²) in [5.41, 5.74) is 1.46. The number of nitrogens with zero attached hydrogens (tertiary/aromatic N) is 2. The number of halogens is 2. The molecule has 2 amide bonds. The molecular formula is C23H18F2N4O4. The van der Waals surface area contributed by atoms with E-state index in [0.29, 0.717) is 16.8 Å². The number of aromatic nitrogens is 2. The molecule has 0 aliphatic carbocycles. The molecule has 0 bridgehead atoms. The number of aliphatic hydroxyl groups excluding tert-OH is 1. The average Bonchev–Trinajstić information content (AvgIpc) is 2.77. The molecule has 4 aromatic rings. The first-order valence-corrected chi connectivity index (χ1v) is 9.81. The average molecular weight is 452 g/mol. The van der Waals surface area contributed by atoms with Crippen molar-refractivity contribution in [3.05, 3.63) is 78.5 Å². The normalized spacial score (nSPS) is 10.6. The molecule has 0 radical (unpaired) electrons.